The number of hydrogen-bond acceptors (Lipinski definition) is 3. The molecule has 0 aromatic heterocycles. The number of alkyl halides is 1. The van der Waals surface area contributed by atoms with Gasteiger partial charge < -0.3 is 14.7 Å². The van der Waals surface area contributed by atoms with E-state index in [2.05, 4.69) is 5.92 Å². The summed E-state index contributed by atoms with van der Waals surface area (Å²) in [6, 6.07) is 7.02. The van der Waals surface area contributed by atoms with Crippen molar-refractivity contribution in [3.05, 3.63) is 35.4 Å². The second-order valence-corrected chi connectivity index (χ2v) is 9.35. The third kappa shape index (κ3) is 3.87. The smallest absolute Gasteiger partial charge is 0.252 e. The minimum absolute atomic E-state index is 0.00628. The molecular formula is C25H30FN3O3. The Kier molecular flexibility index (Phi) is 5.98. The summed E-state index contributed by atoms with van der Waals surface area (Å²) in [7, 11) is 0. The number of amides is 3. The molecular weight excluding hydrogens is 409 g/mol. The topological polar surface area (TPSA) is 60.9 Å². The highest BCUT2D eigenvalue weighted by Crippen LogP contribution is 2.38. The lowest BCUT2D eigenvalue weighted by Crippen LogP contribution is -2.81. The van der Waals surface area contributed by atoms with E-state index in [1.165, 1.54) is 13.8 Å². The molecule has 1 unspecified atom stereocenters. The standard InChI is InChI=1S/C25H30FN3O3/c1-4-19-7-11-22(12-8-19)28-14-23(31)29(13-20-5-9-21(10-6-20)17(2)26)25(24(28)32)15-27(16-25)18(3)30/h1,5-6,9-10,17,19,22H,7-8,11-16H2,2-3H3. The first-order chi connectivity index (χ1) is 15.2. The van der Waals surface area contributed by atoms with E-state index in [1.54, 1.807) is 39.0 Å². The Hall–Kier alpha value is -2.88. The van der Waals surface area contributed by atoms with E-state index in [1.807, 2.05) is 0 Å². The molecule has 1 spiro atoms. The number of carbonyl (C=O) groups excluding carboxylic acids is 3. The van der Waals surface area contributed by atoms with Crippen LogP contribution in [0.15, 0.2) is 24.3 Å². The Morgan fingerprint density at radius 3 is 2.34 bits per heavy atom. The Labute approximate surface area is 188 Å². The van der Waals surface area contributed by atoms with Gasteiger partial charge in [-0.25, -0.2) is 4.39 Å². The van der Waals surface area contributed by atoms with E-state index in [-0.39, 0.29) is 55.9 Å². The maximum Gasteiger partial charge on any atom is 0.252 e. The van der Waals surface area contributed by atoms with Gasteiger partial charge in [0.2, 0.25) is 11.8 Å². The van der Waals surface area contributed by atoms with E-state index in [0.717, 1.165) is 31.2 Å². The van der Waals surface area contributed by atoms with Crippen molar-refractivity contribution in [2.24, 2.45) is 5.92 Å². The summed E-state index contributed by atoms with van der Waals surface area (Å²) in [5.74, 6) is 2.74. The van der Waals surface area contributed by atoms with Crippen molar-refractivity contribution in [3.8, 4) is 12.3 Å². The summed E-state index contributed by atoms with van der Waals surface area (Å²) in [6.45, 7) is 3.68. The summed E-state index contributed by atoms with van der Waals surface area (Å²) in [5.41, 5.74) is 0.375. The molecule has 2 saturated heterocycles. The zero-order valence-electron chi connectivity index (χ0n) is 18.7. The summed E-state index contributed by atoms with van der Waals surface area (Å²) in [4.78, 5) is 43.9. The highest BCUT2D eigenvalue weighted by atomic mass is 19.1. The van der Waals surface area contributed by atoms with E-state index >= 15 is 0 Å². The van der Waals surface area contributed by atoms with E-state index in [4.69, 9.17) is 6.42 Å². The van der Waals surface area contributed by atoms with Gasteiger partial charge >= 0.3 is 0 Å². The van der Waals surface area contributed by atoms with Crippen LogP contribution >= 0.6 is 0 Å². The summed E-state index contributed by atoms with van der Waals surface area (Å²) >= 11 is 0. The quantitative estimate of drug-likeness (QED) is 0.678. The minimum atomic E-state index is -1.07. The molecule has 1 saturated carbocycles. The maximum atomic E-state index is 13.7. The van der Waals surface area contributed by atoms with E-state index in [9.17, 15) is 18.8 Å². The SMILES string of the molecule is C#CC1CCC(N2CC(=O)N(Cc3ccc(C(C)F)cc3)C3(CN(C(C)=O)C3)C2=O)CC1. The molecule has 4 rings (SSSR count). The number of halogens is 1. The lowest BCUT2D eigenvalue weighted by atomic mass is 9.80. The number of terminal acetylenes is 1. The number of likely N-dealkylation sites (tertiary alicyclic amines) is 1. The van der Waals surface area contributed by atoms with Crippen LogP contribution in [0.5, 0.6) is 0 Å². The van der Waals surface area contributed by atoms with Gasteiger partial charge in [-0.3, -0.25) is 14.4 Å². The second-order valence-electron chi connectivity index (χ2n) is 9.35. The molecule has 1 aromatic carbocycles. The molecule has 6 nitrogen and oxygen atoms in total. The third-order valence-electron chi connectivity index (χ3n) is 7.29. The summed E-state index contributed by atoms with van der Waals surface area (Å²) in [6.07, 6.45) is 7.80. The van der Waals surface area contributed by atoms with Crippen molar-refractivity contribution in [2.75, 3.05) is 19.6 Å². The van der Waals surface area contributed by atoms with Gasteiger partial charge in [-0.15, -0.1) is 12.3 Å². The summed E-state index contributed by atoms with van der Waals surface area (Å²) in [5, 5.41) is 0. The first-order valence-electron chi connectivity index (χ1n) is 11.3. The fourth-order valence-electron chi connectivity index (χ4n) is 5.20. The predicted octanol–water partition coefficient (Wildman–Crippen LogP) is 2.68. The van der Waals surface area contributed by atoms with Crippen LogP contribution in [0, 0.1) is 18.3 Å². The number of piperazine rings is 1. The van der Waals surface area contributed by atoms with Crippen molar-refractivity contribution >= 4 is 17.7 Å². The zero-order chi connectivity index (χ0) is 23.0. The van der Waals surface area contributed by atoms with E-state index in [0.29, 0.717) is 5.56 Å². The lowest BCUT2D eigenvalue weighted by molar-refractivity contribution is -0.185. The third-order valence-corrected chi connectivity index (χ3v) is 7.29. The van der Waals surface area contributed by atoms with Crippen LogP contribution in [0.1, 0.15) is 56.8 Å². The molecule has 0 bridgehead atoms. The first-order valence-corrected chi connectivity index (χ1v) is 11.3. The molecule has 3 amide bonds. The van der Waals surface area contributed by atoms with Gasteiger partial charge in [0.1, 0.15) is 12.7 Å². The first kappa shape index (κ1) is 22.3. The van der Waals surface area contributed by atoms with Crippen LogP contribution in [0.2, 0.25) is 0 Å². The van der Waals surface area contributed by atoms with Crippen molar-refractivity contribution in [2.45, 2.75) is 63.8 Å². The Morgan fingerprint density at radius 2 is 1.81 bits per heavy atom. The Bertz CT molecular complexity index is 938. The molecule has 1 aliphatic carbocycles. The molecule has 7 heteroatoms. The van der Waals surface area contributed by atoms with Crippen LogP contribution < -0.4 is 0 Å². The van der Waals surface area contributed by atoms with Crippen LogP contribution in [-0.2, 0) is 20.9 Å². The molecule has 3 aliphatic rings. The monoisotopic (exact) mass is 439 g/mol. The molecule has 32 heavy (non-hydrogen) atoms. The van der Waals surface area contributed by atoms with Gasteiger partial charge in [0.15, 0.2) is 5.54 Å². The van der Waals surface area contributed by atoms with Crippen molar-refractivity contribution in [1.29, 1.82) is 0 Å². The average molecular weight is 440 g/mol. The molecule has 3 fully saturated rings. The van der Waals surface area contributed by atoms with Gasteiger partial charge in [-0.05, 0) is 43.7 Å². The fraction of sp³-hybridized carbons (Fsp3) is 0.560. The molecule has 1 atom stereocenters. The Balaban J connectivity index is 1.57. The number of carbonyl (C=O) groups is 3. The normalized spacial score (nSPS) is 26.0. The molecule has 2 aliphatic heterocycles. The number of hydrogen-bond donors (Lipinski definition) is 0. The van der Waals surface area contributed by atoms with Gasteiger partial charge in [0.05, 0.1) is 13.1 Å². The number of nitrogens with zero attached hydrogens (tertiary/aromatic N) is 3. The molecule has 170 valence electrons. The largest absolute Gasteiger partial charge is 0.337 e. The van der Waals surface area contributed by atoms with Crippen LogP contribution in [-0.4, -0.2) is 63.6 Å². The number of benzene rings is 1. The van der Waals surface area contributed by atoms with Gasteiger partial charge in [0, 0.05) is 25.4 Å². The van der Waals surface area contributed by atoms with Crippen molar-refractivity contribution < 1.29 is 18.8 Å². The number of rotatable bonds is 4. The van der Waals surface area contributed by atoms with Crippen LogP contribution in [0.25, 0.3) is 0 Å². The van der Waals surface area contributed by atoms with Gasteiger partial charge in [-0.1, -0.05) is 24.3 Å². The maximum absolute atomic E-state index is 13.7. The highest BCUT2D eigenvalue weighted by Gasteiger charge is 2.60. The van der Waals surface area contributed by atoms with E-state index < -0.39 is 11.7 Å². The highest BCUT2D eigenvalue weighted by molar-refractivity contribution is 6.00. The molecule has 1 aromatic rings. The van der Waals surface area contributed by atoms with Gasteiger partial charge in [-0.2, -0.15) is 0 Å². The van der Waals surface area contributed by atoms with Crippen LogP contribution in [0.4, 0.5) is 4.39 Å². The lowest BCUT2D eigenvalue weighted by Gasteiger charge is -2.59. The zero-order valence-corrected chi connectivity index (χ0v) is 18.7. The van der Waals surface area contributed by atoms with Crippen LogP contribution in [0.3, 0.4) is 0 Å². The minimum Gasteiger partial charge on any atom is -0.337 e. The van der Waals surface area contributed by atoms with Crippen molar-refractivity contribution in [1.82, 2.24) is 14.7 Å². The molecule has 2 heterocycles. The summed E-state index contributed by atoms with van der Waals surface area (Å²) < 4.78 is 13.5. The average Bonchev–Trinajstić information content (AvgIpc) is 2.75. The fourth-order valence-corrected chi connectivity index (χ4v) is 5.20. The second kappa shape index (κ2) is 8.57. The molecule has 0 N–H and O–H groups in total. The Morgan fingerprint density at radius 1 is 1.19 bits per heavy atom. The molecule has 0 radical (unpaired) electrons. The van der Waals surface area contributed by atoms with Crippen molar-refractivity contribution in [3.63, 3.8) is 0 Å². The van der Waals surface area contributed by atoms with Gasteiger partial charge in [0.25, 0.3) is 5.91 Å². The predicted molar refractivity (Wildman–Crippen MR) is 118 cm³/mol.